The van der Waals surface area contributed by atoms with Gasteiger partial charge in [0, 0.05) is 32.0 Å². The summed E-state index contributed by atoms with van der Waals surface area (Å²) >= 11 is 0. The molecule has 1 saturated carbocycles. The third-order valence-electron chi connectivity index (χ3n) is 5.26. The lowest BCUT2D eigenvalue weighted by molar-refractivity contribution is -0.117. The molecule has 0 radical (unpaired) electrons. The highest BCUT2D eigenvalue weighted by Crippen LogP contribution is 2.33. The van der Waals surface area contributed by atoms with E-state index < -0.39 is 6.61 Å². The van der Waals surface area contributed by atoms with E-state index in [-0.39, 0.29) is 30.0 Å². The van der Waals surface area contributed by atoms with Gasteiger partial charge in [-0.2, -0.15) is 13.8 Å². The number of pyridine rings is 1. The van der Waals surface area contributed by atoms with Crippen LogP contribution in [0.25, 0.3) is 0 Å². The quantitative estimate of drug-likeness (QED) is 0.735. The monoisotopic (exact) mass is 420 g/mol. The Morgan fingerprint density at radius 3 is 2.73 bits per heavy atom. The first-order valence-corrected chi connectivity index (χ1v) is 9.56. The largest absolute Gasteiger partial charge is 0.489 e. The molecule has 2 aromatic rings. The van der Waals surface area contributed by atoms with E-state index in [1.165, 1.54) is 12.3 Å². The van der Waals surface area contributed by atoms with Crippen molar-refractivity contribution in [2.24, 2.45) is 0 Å². The summed E-state index contributed by atoms with van der Waals surface area (Å²) in [4.78, 5) is 26.6. The van der Waals surface area contributed by atoms with E-state index in [9.17, 15) is 13.6 Å². The second-order valence-corrected chi connectivity index (χ2v) is 7.37. The van der Waals surface area contributed by atoms with Crippen LogP contribution in [0.4, 0.5) is 26.2 Å². The first-order chi connectivity index (χ1) is 14.3. The minimum atomic E-state index is -2.91. The van der Waals surface area contributed by atoms with E-state index >= 15 is 0 Å². The SMILES string of the molecule is Cc1nc(NC2CC(Oc3ccc(OC(F)F)nc3)C2)nc2c1NC(=O)[C@H](C)N2C. The number of aryl methyl sites for hydroxylation is 1. The molecule has 160 valence electrons. The predicted molar refractivity (Wildman–Crippen MR) is 105 cm³/mol. The Balaban J connectivity index is 1.33. The molecule has 11 heteroatoms. The number of alkyl halides is 2. The smallest absolute Gasteiger partial charge is 0.388 e. The number of hydrogen-bond acceptors (Lipinski definition) is 8. The van der Waals surface area contributed by atoms with Gasteiger partial charge in [-0.1, -0.05) is 0 Å². The molecule has 1 aliphatic carbocycles. The Bertz CT molecular complexity index is 937. The Kier molecular flexibility index (Phi) is 5.27. The molecule has 0 bridgehead atoms. The molecule has 4 rings (SSSR count). The van der Waals surface area contributed by atoms with Gasteiger partial charge >= 0.3 is 6.61 Å². The second kappa shape index (κ2) is 7.88. The van der Waals surface area contributed by atoms with Crippen molar-refractivity contribution >= 4 is 23.4 Å². The zero-order valence-electron chi connectivity index (χ0n) is 16.7. The lowest BCUT2D eigenvalue weighted by Crippen LogP contribution is -2.45. The van der Waals surface area contributed by atoms with Crippen LogP contribution < -0.4 is 25.0 Å². The summed E-state index contributed by atoms with van der Waals surface area (Å²) in [6.07, 6.45) is 2.81. The van der Waals surface area contributed by atoms with Gasteiger partial charge < -0.3 is 25.0 Å². The molecule has 1 fully saturated rings. The van der Waals surface area contributed by atoms with Crippen LogP contribution in [0.5, 0.6) is 11.6 Å². The number of likely N-dealkylation sites (N-methyl/N-ethyl adjacent to an activating group) is 1. The zero-order chi connectivity index (χ0) is 21.4. The average Bonchev–Trinajstić information content (AvgIpc) is 2.66. The lowest BCUT2D eigenvalue weighted by atomic mass is 9.89. The minimum Gasteiger partial charge on any atom is -0.489 e. The number of amides is 1. The van der Waals surface area contributed by atoms with Crippen LogP contribution >= 0.6 is 0 Å². The summed E-state index contributed by atoms with van der Waals surface area (Å²) in [5, 5.41) is 6.16. The molecule has 1 aliphatic heterocycles. The van der Waals surface area contributed by atoms with E-state index in [1.54, 1.807) is 6.07 Å². The fourth-order valence-electron chi connectivity index (χ4n) is 3.36. The van der Waals surface area contributed by atoms with Gasteiger partial charge in [0.1, 0.15) is 23.6 Å². The number of fused-ring (bicyclic) bond motifs is 1. The third kappa shape index (κ3) is 4.05. The molecule has 0 unspecified atom stereocenters. The van der Waals surface area contributed by atoms with Gasteiger partial charge in [0.25, 0.3) is 0 Å². The molecular weight excluding hydrogens is 398 g/mol. The number of aromatic nitrogens is 3. The van der Waals surface area contributed by atoms with Gasteiger partial charge in [0.15, 0.2) is 5.82 Å². The number of nitrogens with zero attached hydrogens (tertiary/aromatic N) is 4. The fourth-order valence-corrected chi connectivity index (χ4v) is 3.36. The summed E-state index contributed by atoms with van der Waals surface area (Å²) < 4.78 is 34.3. The highest BCUT2D eigenvalue weighted by Gasteiger charge is 2.33. The van der Waals surface area contributed by atoms with Crippen molar-refractivity contribution in [2.45, 2.75) is 51.5 Å². The van der Waals surface area contributed by atoms with Gasteiger partial charge in [-0.15, -0.1) is 0 Å². The molecule has 0 aromatic carbocycles. The summed E-state index contributed by atoms with van der Waals surface area (Å²) in [6, 6.07) is 2.72. The summed E-state index contributed by atoms with van der Waals surface area (Å²) in [7, 11) is 1.83. The Hall–Kier alpha value is -3.24. The normalized spacial score (nSPS) is 22.8. The van der Waals surface area contributed by atoms with Crippen molar-refractivity contribution in [3.05, 3.63) is 24.0 Å². The molecule has 2 aliphatic rings. The maximum absolute atomic E-state index is 12.2. The van der Waals surface area contributed by atoms with Crippen LogP contribution in [0.15, 0.2) is 18.3 Å². The van der Waals surface area contributed by atoms with Gasteiger partial charge in [0.2, 0.25) is 17.7 Å². The van der Waals surface area contributed by atoms with Crippen LogP contribution in [0.1, 0.15) is 25.5 Å². The fraction of sp³-hybridized carbons (Fsp3) is 0.474. The van der Waals surface area contributed by atoms with Crippen molar-refractivity contribution < 1.29 is 23.0 Å². The Morgan fingerprint density at radius 2 is 2.07 bits per heavy atom. The van der Waals surface area contributed by atoms with Crippen molar-refractivity contribution in [3.8, 4) is 11.6 Å². The number of hydrogen-bond donors (Lipinski definition) is 2. The first-order valence-electron chi connectivity index (χ1n) is 9.56. The zero-order valence-corrected chi connectivity index (χ0v) is 16.7. The second-order valence-electron chi connectivity index (χ2n) is 7.37. The van der Waals surface area contributed by atoms with Crippen LogP contribution in [0.3, 0.4) is 0 Å². The molecule has 2 N–H and O–H groups in total. The third-order valence-corrected chi connectivity index (χ3v) is 5.26. The highest BCUT2D eigenvalue weighted by molar-refractivity contribution is 6.03. The topological polar surface area (TPSA) is 102 Å². The number of rotatable bonds is 6. The lowest BCUT2D eigenvalue weighted by Gasteiger charge is -2.36. The van der Waals surface area contributed by atoms with Crippen molar-refractivity contribution in [1.82, 2.24) is 15.0 Å². The standard InChI is InChI=1S/C19H22F2N6O3/c1-9-15-16(27(3)10(2)17(28)25-15)26-19(23-9)24-11-6-13(7-11)29-12-4-5-14(22-8-12)30-18(20)21/h4-5,8,10-11,13,18H,6-7H2,1-3H3,(H,25,28)(H,23,24,26)/t10-,11?,13?/m0/s1. The molecular formula is C19H22F2N6O3. The maximum Gasteiger partial charge on any atom is 0.388 e. The molecule has 1 atom stereocenters. The van der Waals surface area contributed by atoms with E-state index in [0.717, 1.165) is 12.8 Å². The average molecular weight is 420 g/mol. The van der Waals surface area contributed by atoms with Gasteiger partial charge in [0.05, 0.1) is 11.9 Å². The van der Waals surface area contributed by atoms with E-state index in [4.69, 9.17) is 4.74 Å². The number of halogens is 2. The maximum atomic E-state index is 12.2. The molecule has 0 spiro atoms. The predicted octanol–water partition coefficient (Wildman–Crippen LogP) is 2.58. The number of carbonyl (C=O) groups is 1. The van der Waals surface area contributed by atoms with E-state index in [0.29, 0.717) is 28.9 Å². The minimum absolute atomic E-state index is 0.0214. The van der Waals surface area contributed by atoms with E-state index in [1.807, 2.05) is 25.8 Å². The summed E-state index contributed by atoms with van der Waals surface area (Å²) in [5.41, 5.74) is 1.33. The molecule has 1 amide bonds. The molecule has 0 saturated heterocycles. The highest BCUT2D eigenvalue weighted by atomic mass is 19.3. The van der Waals surface area contributed by atoms with Crippen LogP contribution in [0.2, 0.25) is 0 Å². The molecule has 2 aromatic heterocycles. The summed E-state index contributed by atoms with van der Waals surface area (Å²) in [5.74, 6) is 1.44. The van der Waals surface area contributed by atoms with Crippen molar-refractivity contribution in [1.29, 1.82) is 0 Å². The molecule has 9 nitrogen and oxygen atoms in total. The number of carbonyl (C=O) groups excluding carboxylic acids is 1. The summed E-state index contributed by atoms with van der Waals surface area (Å²) in [6.45, 7) is 0.741. The van der Waals surface area contributed by atoms with E-state index in [2.05, 4.69) is 30.3 Å². The van der Waals surface area contributed by atoms with Crippen molar-refractivity contribution in [2.75, 3.05) is 22.6 Å². The van der Waals surface area contributed by atoms with Crippen molar-refractivity contribution in [3.63, 3.8) is 0 Å². The van der Waals surface area contributed by atoms with Gasteiger partial charge in [-0.25, -0.2) is 9.97 Å². The molecule has 30 heavy (non-hydrogen) atoms. The van der Waals surface area contributed by atoms with Crippen LogP contribution in [0, 0.1) is 6.92 Å². The van der Waals surface area contributed by atoms with Gasteiger partial charge in [-0.3, -0.25) is 4.79 Å². The van der Waals surface area contributed by atoms with Crippen LogP contribution in [-0.4, -0.2) is 52.7 Å². The number of nitrogens with one attached hydrogen (secondary N) is 2. The number of ether oxygens (including phenoxy) is 2. The number of anilines is 3. The van der Waals surface area contributed by atoms with Gasteiger partial charge in [-0.05, 0) is 19.9 Å². The van der Waals surface area contributed by atoms with Crippen LogP contribution in [-0.2, 0) is 4.79 Å². The Labute approximate surface area is 171 Å². The Morgan fingerprint density at radius 1 is 1.30 bits per heavy atom. The molecule has 3 heterocycles. The first kappa shape index (κ1) is 20.0.